The number of nitro benzene ring substituents is 1. The molecule has 14 heteroatoms. The number of nitro groups is 1. The Morgan fingerprint density at radius 1 is 1.27 bits per heavy atom. The lowest BCUT2D eigenvalue weighted by molar-refractivity contribution is -0.384. The van der Waals surface area contributed by atoms with E-state index in [0.717, 1.165) is 34.5 Å². The maximum absolute atomic E-state index is 13.0. The van der Waals surface area contributed by atoms with E-state index >= 15 is 0 Å². The predicted molar refractivity (Wildman–Crippen MR) is 105 cm³/mol. The van der Waals surface area contributed by atoms with Gasteiger partial charge in [-0.05, 0) is 19.1 Å². The summed E-state index contributed by atoms with van der Waals surface area (Å²) in [6, 6.07) is 4.28. The number of rotatable bonds is 5. The number of pyridine rings is 1. The topological polar surface area (TPSA) is 102 Å². The average molecular weight is 480 g/mol. The number of carbonyl (C=O) groups excluding carboxylic acids is 1. The van der Waals surface area contributed by atoms with Gasteiger partial charge in [-0.1, -0.05) is 35.0 Å². The molecule has 0 radical (unpaired) electrons. The summed E-state index contributed by atoms with van der Waals surface area (Å²) in [5.41, 5.74) is -1.24. The largest absolute Gasteiger partial charge is 0.417 e. The number of carbonyl (C=O) groups is 1. The molecule has 158 valence electrons. The molecule has 0 saturated heterocycles. The molecule has 0 aliphatic rings. The lowest BCUT2D eigenvalue weighted by Crippen LogP contribution is -2.23. The number of nitrogens with zero attached hydrogens (tertiary/aromatic N) is 4. The molecule has 3 aromatic rings. The highest BCUT2D eigenvalue weighted by Gasteiger charge is 2.32. The van der Waals surface area contributed by atoms with Gasteiger partial charge in [0, 0.05) is 18.3 Å². The second-order valence-electron chi connectivity index (χ2n) is 5.92. The van der Waals surface area contributed by atoms with E-state index in [1.165, 1.54) is 19.1 Å². The minimum Gasteiger partial charge on any atom is -0.324 e. The van der Waals surface area contributed by atoms with Crippen LogP contribution < -0.4 is 5.32 Å². The van der Waals surface area contributed by atoms with Gasteiger partial charge in [0.25, 0.3) is 5.69 Å². The van der Waals surface area contributed by atoms with Gasteiger partial charge in [-0.15, -0.1) is 10.2 Å². The summed E-state index contributed by atoms with van der Waals surface area (Å²) in [4.78, 5) is 22.7. The van der Waals surface area contributed by atoms with E-state index in [-0.39, 0.29) is 32.2 Å². The first-order chi connectivity index (χ1) is 14.0. The fraction of sp³-hybridized carbons (Fsp3) is 0.188. The Bertz CT molecular complexity index is 1160. The van der Waals surface area contributed by atoms with Crippen molar-refractivity contribution in [2.75, 3.05) is 5.32 Å². The Morgan fingerprint density at radius 2 is 1.97 bits per heavy atom. The number of nitrogens with one attached hydrogen (secondary N) is 1. The van der Waals surface area contributed by atoms with E-state index in [1.807, 2.05) is 0 Å². The standard InChI is InChI=1S/C16H10Cl2F3N5O3S/c1-7(14(27)22-12-5-9(26(28)29)2-3-10(12)17)30-15-24-23-13-11(18)4-8(6-25(13)15)16(19,20)21/h2-7H,1H3,(H,22,27). The SMILES string of the molecule is CC(Sc1nnc2c(Cl)cc(C(F)(F)F)cn12)C(=O)Nc1cc([N+](=O)[O-])ccc1Cl. The van der Waals surface area contributed by atoms with Crippen molar-refractivity contribution in [1.29, 1.82) is 0 Å². The molecule has 1 N–H and O–H groups in total. The van der Waals surface area contributed by atoms with Crippen LogP contribution in [0.5, 0.6) is 0 Å². The maximum Gasteiger partial charge on any atom is 0.417 e. The lowest BCUT2D eigenvalue weighted by atomic mass is 10.2. The fourth-order valence-corrected chi connectivity index (χ4v) is 3.57. The molecule has 1 amide bonds. The van der Waals surface area contributed by atoms with E-state index in [1.54, 1.807) is 0 Å². The summed E-state index contributed by atoms with van der Waals surface area (Å²) in [5.74, 6) is -0.600. The molecule has 2 heterocycles. The van der Waals surface area contributed by atoms with E-state index in [4.69, 9.17) is 23.2 Å². The maximum atomic E-state index is 13.0. The number of halogens is 5. The van der Waals surface area contributed by atoms with Crippen molar-refractivity contribution >= 4 is 57.9 Å². The van der Waals surface area contributed by atoms with E-state index in [9.17, 15) is 28.1 Å². The van der Waals surface area contributed by atoms with Crippen LogP contribution in [-0.4, -0.2) is 30.7 Å². The molecule has 1 aromatic carbocycles. The third-order valence-electron chi connectivity index (χ3n) is 3.83. The van der Waals surface area contributed by atoms with E-state index < -0.39 is 27.8 Å². The van der Waals surface area contributed by atoms with Crippen molar-refractivity contribution in [2.45, 2.75) is 23.5 Å². The number of amides is 1. The zero-order valence-corrected chi connectivity index (χ0v) is 17.1. The van der Waals surface area contributed by atoms with Crippen LogP contribution in [0.15, 0.2) is 35.6 Å². The van der Waals surface area contributed by atoms with Crippen molar-refractivity contribution in [3.05, 3.63) is 56.2 Å². The Hall–Kier alpha value is -2.57. The summed E-state index contributed by atoms with van der Waals surface area (Å²) >= 11 is 12.6. The molecule has 0 spiro atoms. The first-order valence-electron chi connectivity index (χ1n) is 8.00. The highest BCUT2D eigenvalue weighted by molar-refractivity contribution is 8.00. The van der Waals surface area contributed by atoms with Gasteiger partial charge in [0.2, 0.25) is 5.91 Å². The van der Waals surface area contributed by atoms with Gasteiger partial charge in [0.1, 0.15) is 0 Å². The van der Waals surface area contributed by atoms with Gasteiger partial charge in [-0.25, -0.2) is 0 Å². The zero-order valence-electron chi connectivity index (χ0n) is 14.8. The van der Waals surface area contributed by atoms with E-state index in [0.29, 0.717) is 0 Å². The average Bonchev–Trinajstić information content (AvgIpc) is 3.06. The second kappa shape index (κ2) is 8.28. The summed E-state index contributed by atoms with van der Waals surface area (Å²) in [6.45, 7) is 1.47. The summed E-state index contributed by atoms with van der Waals surface area (Å²) in [7, 11) is 0. The molecule has 1 atom stereocenters. The van der Waals surface area contributed by atoms with Crippen molar-refractivity contribution in [1.82, 2.24) is 14.6 Å². The Labute approximate surface area is 180 Å². The van der Waals surface area contributed by atoms with Crippen molar-refractivity contribution < 1.29 is 22.9 Å². The van der Waals surface area contributed by atoms with Gasteiger partial charge in [0.15, 0.2) is 10.8 Å². The predicted octanol–water partition coefficient (Wildman–Crippen LogP) is 5.08. The lowest BCUT2D eigenvalue weighted by Gasteiger charge is -2.13. The van der Waals surface area contributed by atoms with Crippen LogP contribution in [0, 0.1) is 10.1 Å². The Morgan fingerprint density at radius 3 is 2.60 bits per heavy atom. The van der Waals surface area contributed by atoms with Crippen LogP contribution in [0.3, 0.4) is 0 Å². The van der Waals surface area contributed by atoms with Crippen molar-refractivity contribution in [2.24, 2.45) is 0 Å². The smallest absolute Gasteiger partial charge is 0.324 e. The molecule has 0 saturated carbocycles. The molecule has 8 nitrogen and oxygen atoms in total. The first-order valence-corrected chi connectivity index (χ1v) is 9.64. The molecule has 0 bridgehead atoms. The third kappa shape index (κ3) is 4.60. The summed E-state index contributed by atoms with van der Waals surface area (Å²) in [6.07, 6.45) is -3.85. The molecule has 3 rings (SSSR count). The molecule has 0 aliphatic heterocycles. The van der Waals surface area contributed by atoms with Crippen LogP contribution in [0.25, 0.3) is 5.65 Å². The fourth-order valence-electron chi connectivity index (χ4n) is 2.34. The number of anilines is 1. The highest BCUT2D eigenvalue weighted by atomic mass is 35.5. The monoisotopic (exact) mass is 479 g/mol. The quantitative estimate of drug-likeness (QED) is 0.310. The molecule has 0 aliphatic carbocycles. The number of hydrogen-bond acceptors (Lipinski definition) is 6. The minimum atomic E-state index is -4.63. The molecule has 0 fully saturated rings. The van der Waals surface area contributed by atoms with Crippen LogP contribution in [0.4, 0.5) is 24.5 Å². The van der Waals surface area contributed by atoms with Crippen molar-refractivity contribution in [3.8, 4) is 0 Å². The summed E-state index contributed by atoms with van der Waals surface area (Å²) in [5, 5.41) is 19.9. The summed E-state index contributed by atoms with van der Waals surface area (Å²) < 4.78 is 40.2. The molecule has 2 aromatic heterocycles. The van der Waals surface area contributed by atoms with Gasteiger partial charge in [-0.3, -0.25) is 19.3 Å². The third-order valence-corrected chi connectivity index (χ3v) is 5.49. The normalized spacial score (nSPS) is 12.7. The van der Waals surface area contributed by atoms with Crippen LogP contribution >= 0.6 is 35.0 Å². The van der Waals surface area contributed by atoms with Crippen LogP contribution in [0.2, 0.25) is 10.0 Å². The number of thioether (sulfide) groups is 1. The Kier molecular flexibility index (Phi) is 6.11. The Balaban J connectivity index is 1.84. The van der Waals surface area contributed by atoms with Gasteiger partial charge >= 0.3 is 6.18 Å². The molecule has 30 heavy (non-hydrogen) atoms. The second-order valence-corrected chi connectivity index (χ2v) is 8.04. The number of aromatic nitrogens is 3. The highest BCUT2D eigenvalue weighted by Crippen LogP contribution is 2.34. The molecular weight excluding hydrogens is 470 g/mol. The number of hydrogen-bond donors (Lipinski definition) is 1. The van der Waals surface area contributed by atoms with Gasteiger partial charge in [-0.2, -0.15) is 13.2 Å². The van der Waals surface area contributed by atoms with Gasteiger partial charge < -0.3 is 5.32 Å². The molecule has 1 unspecified atom stereocenters. The number of fused-ring (bicyclic) bond motifs is 1. The molecular formula is C16H10Cl2F3N5O3S. The zero-order chi connectivity index (χ0) is 22.2. The van der Waals surface area contributed by atoms with E-state index in [2.05, 4.69) is 15.5 Å². The minimum absolute atomic E-state index is 0.00139. The number of non-ortho nitro benzene ring substituents is 1. The first kappa shape index (κ1) is 22.1. The van der Waals surface area contributed by atoms with Crippen LogP contribution in [-0.2, 0) is 11.0 Å². The number of benzene rings is 1. The van der Waals surface area contributed by atoms with Gasteiger partial charge in [0.05, 0.1) is 31.5 Å². The number of alkyl halides is 3. The van der Waals surface area contributed by atoms with Crippen LogP contribution in [0.1, 0.15) is 12.5 Å². The van der Waals surface area contributed by atoms with Crippen molar-refractivity contribution in [3.63, 3.8) is 0 Å².